The second-order valence-electron chi connectivity index (χ2n) is 6.38. The summed E-state index contributed by atoms with van der Waals surface area (Å²) in [6.45, 7) is -0.939. The molecule has 0 bridgehead atoms. The summed E-state index contributed by atoms with van der Waals surface area (Å²) in [5.41, 5.74) is 1.38. The van der Waals surface area contributed by atoms with Gasteiger partial charge in [-0.3, -0.25) is 4.79 Å². The van der Waals surface area contributed by atoms with Gasteiger partial charge >= 0.3 is 6.18 Å². The van der Waals surface area contributed by atoms with Gasteiger partial charge in [-0.05, 0) is 35.7 Å². The van der Waals surface area contributed by atoms with Crippen LogP contribution in [0.15, 0.2) is 42.5 Å². The van der Waals surface area contributed by atoms with Crippen LogP contribution in [0.2, 0.25) is 0 Å². The minimum absolute atomic E-state index is 0.00472. The van der Waals surface area contributed by atoms with Gasteiger partial charge in [0.25, 0.3) is 0 Å². The lowest BCUT2D eigenvalue weighted by Crippen LogP contribution is -2.26. The number of alkyl halides is 3. The van der Waals surface area contributed by atoms with E-state index in [1.165, 1.54) is 31.0 Å². The number of hydrogen-bond donors (Lipinski definition) is 1. The quantitative estimate of drug-likeness (QED) is 0.400. The number of ether oxygens (including phenoxy) is 2. The molecule has 1 amide bonds. The molecule has 0 aliphatic rings. The molecule has 0 aliphatic carbocycles. The number of nitrogens with one attached hydrogen (secondary N) is 1. The fourth-order valence-corrected chi connectivity index (χ4v) is 3.40. The van der Waals surface area contributed by atoms with Crippen molar-refractivity contribution >= 4 is 17.7 Å². The summed E-state index contributed by atoms with van der Waals surface area (Å²) in [5, 5.41) is 2.80. The van der Waals surface area contributed by atoms with Crippen LogP contribution in [-0.2, 0) is 17.0 Å². The van der Waals surface area contributed by atoms with E-state index >= 15 is 0 Å². The number of benzene rings is 2. The lowest BCUT2D eigenvalue weighted by atomic mass is 10.1. The van der Waals surface area contributed by atoms with E-state index in [2.05, 4.69) is 5.32 Å². The summed E-state index contributed by atoms with van der Waals surface area (Å²) >= 11 is 1.52. The number of halogens is 4. The van der Waals surface area contributed by atoms with E-state index in [4.69, 9.17) is 9.47 Å². The molecule has 2 aromatic carbocycles. The fraction of sp³-hybridized carbons (Fsp3) is 0.381. The summed E-state index contributed by atoms with van der Waals surface area (Å²) in [4.78, 5) is 12.0. The molecule has 0 saturated heterocycles. The maximum atomic E-state index is 13.5. The highest BCUT2D eigenvalue weighted by Gasteiger charge is 2.29. The van der Waals surface area contributed by atoms with Crippen molar-refractivity contribution in [1.82, 2.24) is 5.32 Å². The van der Waals surface area contributed by atoms with Gasteiger partial charge in [0.2, 0.25) is 5.91 Å². The van der Waals surface area contributed by atoms with Gasteiger partial charge in [-0.15, -0.1) is 0 Å². The first-order chi connectivity index (χ1) is 14.3. The molecule has 0 aliphatic heterocycles. The van der Waals surface area contributed by atoms with Crippen LogP contribution in [-0.4, -0.2) is 38.1 Å². The molecule has 0 fully saturated rings. The third-order valence-corrected chi connectivity index (χ3v) is 5.05. The Balaban J connectivity index is 1.70. The summed E-state index contributed by atoms with van der Waals surface area (Å²) in [5.74, 6) is 0.985. The highest BCUT2D eigenvalue weighted by Crippen LogP contribution is 2.30. The van der Waals surface area contributed by atoms with E-state index in [9.17, 15) is 22.4 Å². The molecule has 0 saturated carbocycles. The molecule has 9 heteroatoms. The minimum Gasteiger partial charge on any atom is -0.493 e. The molecular formula is C21H23F4NO3S. The van der Waals surface area contributed by atoms with Crippen molar-refractivity contribution < 1.29 is 31.8 Å². The van der Waals surface area contributed by atoms with Gasteiger partial charge in [0.1, 0.15) is 5.82 Å². The second kappa shape index (κ2) is 11.7. The Morgan fingerprint density at radius 2 is 1.90 bits per heavy atom. The number of methoxy groups -OCH3 is 1. The number of aryl methyl sites for hydroxylation is 1. The lowest BCUT2D eigenvalue weighted by molar-refractivity contribution is -0.153. The van der Waals surface area contributed by atoms with Crippen molar-refractivity contribution in [2.75, 3.05) is 26.0 Å². The molecule has 4 nitrogen and oxygen atoms in total. The van der Waals surface area contributed by atoms with Crippen LogP contribution < -0.4 is 14.8 Å². The first kappa shape index (κ1) is 23.9. The first-order valence-corrected chi connectivity index (χ1v) is 10.4. The van der Waals surface area contributed by atoms with Crippen molar-refractivity contribution in [3.63, 3.8) is 0 Å². The highest BCUT2D eigenvalue weighted by molar-refractivity contribution is 7.98. The molecule has 0 unspecified atom stereocenters. The molecule has 1 N–H and O–H groups in total. The molecule has 2 aromatic rings. The van der Waals surface area contributed by atoms with Crippen molar-refractivity contribution in [2.45, 2.75) is 24.8 Å². The molecule has 0 radical (unpaired) electrons. The predicted octanol–water partition coefficient (Wildman–Crippen LogP) is 4.76. The summed E-state index contributed by atoms with van der Waals surface area (Å²) < 4.78 is 60.2. The van der Waals surface area contributed by atoms with Gasteiger partial charge in [-0.1, -0.05) is 24.3 Å². The van der Waals surface area contributed by atoms with Gasteiger partial charge in [0, 0.05) is 24.5 Å². The largest absolute Gasteiger partial charge is 0.493 e. The molecule has 2 rings (SSSR count). The number of rotatable bonds is 11. The molecule has 0 spiro atoms. The van der Waals surface area contributed by atoms with Crippen molar-refractivity contribution in [1.29, 1.82) is 0 Å². The Kier molecular flexibility index (Phi) is 9.29. The summed E-state index contributed by atoms with van der Waals surface area (Å²) in [7, 11) is 1.34. The zero-order chi connectivity index (χ0) is 22.0. The molecule has 164 valence electrons. The zero-order valence-corrected chi connectivity index (χ0v) is 17.2. The van der Waals surface area contributed by atoms with Gasteiger partial charge in [-0.25, -0.2) is 4.39 Å². The maximum absolute atomic E-state index is 13.5. The second-order valence-corrected chi connectivity index (χ2v) is 7.49. The summed E-state index contributed by atoms with van der Waals surface area (Å²) in [6, 6.07) is 11.1. The monoisotopic (exact) mass is 445 g/mol. The van der Waals surface area contributed by atoms with Crippen molar-refractivity contribution in [3.05, 3.63) is 59.4 Å². The first-order valence-electron chi connectivity index (χ1n) is 9.23. The third kappa shape index (κ3) is 8.52. The number of carbonyl (C=O) groups excluding carboxylic acids is 1. The van der Waals surface area contributed by atoms with E-state index < -0.39 is 12.8 Å². The normalized spacial score (nSPS) is 11.2. The van der Waals surface area contributed by atoms with E-state index in [1.54, 1.807) is 30.3 Å². The average Bonchev–Trinajstić information content (AvgIpc) is 2.71. The molecule has 0 atom stereocenters. The van der Waals surface area contributed by atoms with Crippen LogP contribution in [0.25, 0.3) is 0 Å². The predicted molar refractivity (Wildman–Crippen MR) is 108 cm³/mol. The molecular weight excluding hydrogens is 422 g/mol. The number of hydrogen-bond acceptors (Lipinski definition) is 4. The Bertz CT molecular complexity index is 830. The molecule has 0 heterocycles. The SMILES string of the molecule is COc1cc(CCC(=O)NCCSCc2ccccc2F)ccc1OCC(F)(F)F. The number of carbonyl (C=O) groups is 1. The highest BCUT2D eigenvalue weighted by atomic mass is 32.2. The van der Waals surface area contributed by atoms with Crippen LogP contribution >= 0.6 is 11.8 Å². The molecule has 0 aromatic heterocycles. The lowest BCUT2D eigenvalue weighted by Gasteiger charge is -2.13. The number of thioether (sulfide) groups is 1. The van der Waals surface area contributed by atoms with Crippen molar-refractivity contribution in [2.24, 2.45) is 0 Å². The van der Waals surface area contributed by atoms with E-state index in [0.717, 1.165) is 5.56 Å². The Morgan fingerprint density at radius 3 is 2.60 bits per heavy atom. The topological polar surface area (TPSA) is 47.6 Å². The van der Waals surface area contributed by atoms with E-state index in [0.29, 0.717) is 30.0 Å². The van der Waals surface area contributed by atoms with Gasteiger partial charge in [0.05, 0.1) is 7.11 Å². The van der Waals surface area contributed by atoms with Gasteiger partial charge in [0.15, 0.2) is 18.1 Å². The van der Waals surface area contributed by atoms with Crippen LogP contribution in [0.5, 0.6) is 11.5 Å². The Morgan fingerprint density at radius 1 is 1.13 bits per heavy atom. The smallest absolute Gasteiger partial charge is 0.422 e. The number of amides is 1. The van der Waals surface area contributed by atoms with Crippen LogP contribution in [0.1, 0.15) is 17.5 Å². The standard InChI is InChI=1S/C21H23F4NO3S/c1-28-19-12-15(6-8-18(19)29-14-21(23,24)25)7-9-20(27)26-10-11-30-13-16-4-2-3-5-17(16)22/h2-6,8,12H,7,9-11,13-14H2,1H3,(H,26,27). The van der Waals surface area contributed by atoms with Crippen LogP contribution in [0.4, 0.5) is 17.6 Å². The Hall–Kier alpha value is -2.42. The van der Waals surface area contributed by atoms with Gasteiger partial charge < -0.3 is 14.8 Å². The Labute approximate surface area is 176 Å². The minimum atomic E-state index is -4.44. The summed E-state index contributed by atoms with van der Waals surface area (Å²) in [6.07, 6.45) is -3.80. The van der Waals surface area contributed by atoms with Crippen LogP contribution in [0, 0.1) is 5.82 Å². The fourth-order valence-electron chi connectivity index (χ4n) is 2.55. The molecule has 30 heavy (non-hydrogen) atoms. The maximum Gasteiger partial charge on any atom is 0.422 e. The van der Waals surface area contributed by atoms with E-state index in [1.807, 2.05) is 0 Å². The van der Waals surface area contributed by atoms with Crippen molar-refractivity contribution in [3.8, 4) is 11.5 Å². The van der Waals surface area contributed by atoms with Crippen LogP contribution in [0.3, 0.4) is 0 Å². The zero-order valence-electron chi connectivity index (χ0n) is 16.4. The van der Waals surface area contributed by atoms with Gasteiger partial charge in [-0.2, -0.15) is 24.9 Å². The third-order valence-electron chi connectivity index (χ3n) is 4.04. The van der Waals surface area contributed by atoms with E-state index in [-0.39, 0.29) is 29.6 Å². The average molecular weight is 445 g/mol.